The van der Waals surface area contributed by atoms with Crippen LogP contribution in [0.3, 0.4) is 0 Å². The molecule has 1 N–H and O–H groups in total. The van der Waals surface area contributed by atoms with Gasteiger partial charge in [-0.25, -0.2) is 4.79 Å². The van der Waals surface area contributed by atoms with Gasteiger partial charge in [0.2, 0.25) is 0 Å². The minimum Gasteiger partial charge on any atom is -0.490 e. The van der Waals surface area contributed by atoms with E-state index in [1.807, 2.05) is 0 Å². The van der Waals surface area contributed by atoms with Crippen molar-refractivity contribution >= 4 is 23.4 Å². The Morgan fingerprint density at radius 1 is 1.19 bits per heavy atom. The lowest BCUT2D eigenvalue weighted by molar-refractivity contribution is -0.386. The Morgan fingerprint density at radius 3 is 2.33 bits per heavy atom. The summed E-state index contributed by atoms with van der Waals surface area (Å²) in [4.78, 5) is 22.7. The van der Waals surface area contributed by atoms with Crippen LogP contribution in [0, 0.1) is 10.1 Å². The zero-order valence-corrected chi connectivity index (χ0v) is 11.8. The number of carbonyl (C=O) groups is 1. The van der Waals surface area contributed by atoms with E-state index in [9.17, 15) is 14.9 Å². The lowest BCUT2D eigenvalue weighted by atomic mass is 10.2. The molecule has 0 aliphatic heterocycles. The van der Waals surface area contributed by atoms with Crippen molar-refractivity contribution in [3.63, 3.8) is 0 Å². The molecule has 6 nitrogen and oxygen atoms in total. The molecule has 2 aromatic rings. The quantitative estimate of drug-likeness (QED) is 0.672. The van der Waals surface area contributed by atoms with Gasteiger partial charge in [-0.15, -0.1) is 0 Å². The van der Waals surface area contributed by atoms with Crippen LogP contribution in [0.4, 0.5) is 5.69 Å². The number of nitro groups is 1. The third-order valence-electron chi connectivity index (χ3n) is 2.68. The molecular weight excluding hydrogens is 294 g/mol. The van der Waals surface area contributed by atoms with Crippen LogP contribution in [0.1, 0.15) is 10.4 Å². The van der Waals surface area contributed by atoms with Gasteiger partial charge in [0.05, 0.1) is 17.6 Å². The monoisotopic (exact) mass is 305 g/mol. The molecule has 7 heteroatoms. The highest BCUT2D eigenvalue weighted by atomic mass is 32.2. The largest absolute Gasteiger partial charge is 0.490 e. The molecular formula is C14H11NO5S. The highest BCUT2D eigenvalue weighted by Crippen LogP contribution is 2.35. The molecule has 0 aliphatic carbocycles. The molecule has 0 aromatic heterocycles. The minimum absolute atomic E-state index is 0.107. The molecule has 0 atom stereocenters. The summed E-state index contributed by atoms with van der Waals surface area (Å²) in [5, 5.41) is 19.8. The summed E-state index contributed by atoms with van der Waals surface area (Å²) in [6.45, 7) is 0. The fraction of sp³-hybridized carbons (Fsp3) is 0.0714. The molecule has 2 rings (SSSR count). The number of carboxylic acid groups (broad SMARTS) is 1. The molecule has 0 heterocycles. The Morgan fingerprint density at radius 2 is 1.81 bits per heavy atom. The van der Waals surface area contributed by atoms with Gasteiger partial charge < -0.3 is 9.84 Å². The van der Waals surface area contributed by atoms with E-state index < -0.39 is 10.9 Å². The van der Waals surface area contributed by atoms with Crippen LogP contribution in [0.5, 0.6) is 5.75 Å². The van der Waals surface area contributed by atoms with E-state index in [-0.39, 0.29) is 17.0 Å². The first kappa shape index (κ1) is 14.9. The lowest BCUT2D eigenvalue weighted by Gasteiger charge is -2.05. The highest BCUT2D eigenvalue weighted by molar-refractivity contribution is 7.99. The molecule has 0 saturated heterocycles. The first-order valence-electron chi connectivity index (χ1n) is 5.85. The molecule has 0 spiro atoms. The molecule has 108 valence electrons. The third kappa shape index (κ3) is 3.51. The lowest BCUT2D eigenvalue weighted by Crippen LogP contribution is -1.95. The summed E-state index contributed by atoms with van der Waals surface area (Å²) < 4.78 is 4.94. The SMILES string of the molecule is COc1ccc(Sc2ccc(C(=O)O)cc2)cc1[N+](=O)[O-]. The molecule has 0 fully saturated rings. The van der Waals surface area contributed by atoms with E-state index in [0.29, 0.717) is 4.90 Å². The minimum atomic E-state index is -0.994. The molecule has 0 aliphatic rings. The van der Waals surface area contributed by atoms with Gasteiger partial charge in [-0.1, -0.05) is 11.8 Å². The van der Waals surface area contributed by atoms with Gasteiger partial charge >= 0.3 is 11.7 Å². The summed E-state index contributed by atoms with van der Waals surface area (Å²) in [5.41, 5.74) is 0.0877. The standard InChI is InChI=1S/C14H11NO5S/c1-20-13-7-6-11(8-12(13)15(18)19)21-10-4-2-9(3-5-10)14(16)17/h2-8H,1H3,(H,16,17). The fourth-order valence-corrected chi connectivity index (χ4v) is 2.53. The third-order valence-corrected chi connectivity index (χ3v) is 3.68. The summed E-state index contributed by atoms with van der Waals surface area (Å²) in [5.74, 6) is -0.794. The number of ether oxygens (including phenoxy) is 1. The molecule has 2 aromatic carbocycles. The summed E-state index contributed by atoms with van der Waals surface area (Å²) in [6.07, 6.45) is 0. The van der Waals surface area contributed by atoms with Crippen molar-refractivity contribution in [1.29, 1.82) is 0 Å². The smallest absolute Gasteiger partial charge is 0.335 e. The Bertz CT molecular complexity index is 684. The number of nitro benzene ring substituents is 1. The highest BCUT2D eigenvalue weighted by Gasteiger charge is 2.15. The summed E-state index contributed by atoms with van der Waals surface area (Å²) in [6, 6.07) is 11.0. The molecule has 0 bridgehead atoms. The van der Waals surface area contributed by atoms with Crippen LogP contribution >= 0.6 is 11.8 Å². The topological polar surface area (TPSA) is 89.7 Å². The van der Waals surface area contributed by atoms with Gasteiger partial charge in [0.15, 0.2) is 5.75 Å². The van der Waals surface area contributed by atoms with E-state index in [1.54, 1.807) is 18.2 Å². The van der Waals surface area contributed by atoms with Gasteiger partial charge in [-0.05, 0) is 36.4 Å². The van der Waals surface area contributed by atoms with Crippen LogP contribution in [0.2, 0.25) is 0 Å². The second kappa shape index (κ2) is 6.27. The van der Waals surface area contributed by atoms with Crippen LogP contribution in [0.15, 0.2) is 52.3 Å². The summed E-state index contributed by atoms with van der Waals surface area (Å²) in [7, 11) is 1.37. The van der Waals surface area contributed by atoms with Crippen LogP contribution in [-0.2, 0) is 0 Å². The van der Waals surface area contributed by atoms with Gasteiger partial charge in [0.1, 0.15) is 0 Å². The van der Waals surface area contributed by atoms with E-state index >= 15 is 0 Å². The normalized spacial score (nSPS) is 10.1. The van der Waals surface area contributed by atoms with Crippen LogP contribution in [-0.4, -0.2) is 23.1 Å². The first-order chi connectivity index (χ1) is 10.0. The zero-order valence-electron chi connectivity index (χ0n) is 11.0. The maximum absolute atomic E-state index is 11.0. The fourth-order valence-electron chi connectivity index (χ4n) is 1.68. The number of benzene rings is 2. The number of aromatic carboxylic acids is 1. The molecule has 0 saturated carbocycles. The molecule has 0 unspecified atom stereocenters. The van der Waals surface area contributed by atoms with Crippen molar-refractivity contribution in [2.75, 3.05) is 7.11 Å². The Hall–Kier alpha value is -2.54. The van der Waals surface area contributed by atoms with E-state index in [2.05, 4.69) is 0 Å². The second-order valence-corrected chi connectivity index (χ2v) is 5.17. The van der Waals surface area contributed by atoms with Crippen molar-refractivity contribution in [3.05, 3.63) is 58.1 Å². The molecule has 0 radical (unpaired) electrons. The van der Waals surface area contributed by atoms with Crippen molar-refractivity contribution in [1.82, 2.24) is 0 Å². The van der Waals surface area contributed by atoms with Crippen LogP contribution < -0.4 is 4.74 Å². The molecule has 0 amide bonds. The predicted octanol–water partition coefficient (Wildman–Crippen LogP) is 3.45. The number of methoxy groups -OCH3 is 1. The number of rotatable bonds is 5. The average Bonchev–Trinajstić information content (AvgIpc) is 2.47. The number of nitrogens with zero attached hydrogens (tertiary/aromatic N) is 1. The van der Waals surface area contributed by atoms with Crippen molar-refractivity contribution in [2.45, 2.75) is 9.79 Å². The summed E-state index contributed by atoms with van der Waals surface area (Å²) >= 11 is 1.31. The van der Waals surface area contributed by atoms with Crippen molar-refractivity contribution in [2.24, 2.45) is 0 Å². The Labute approximate surface area is 124 Å². The molecule has 21 heavy (non-hydrogen) atoms. The van der Waals surface area contributed by atoms with Gasteiger partial charge in [-0.2, -0.15) is 0 Å². The number of hydrogen-bond donors (Lipinski definition) is 1. The maximum atomic E-state index is 11.0. The number of hydrogen-bond acceptors (Lipinski definition) is 5. The predicted molar refractivity (Wildman–Crippen MR) is 77.2 cm³/mol. The van der Waals surface area contributed by atoms with Crippen molar-refractivity contribution < 1.29 is 19.6 Å². The first-order valence-corrected chi connectivity index (χ1v) is 6.66. The maximum Gasteiger partial charge on any atom is 0.335 e. The second-order valence-electron chi connectivity index (χ2n) is 4.02. The average molecular weight is 305 g/mol. The Balaban J connectivity index is 2.25. The van der Waals surface area contributed by atoms with E-state index in [0.717, 1.165) is 4.90 Å². The van der Waals surface area contributed by atoms with Gasteiger partial charge in [0, 0.05) is 15.9 Å². The van der Waals surface area contributed by atoms with Gasteiger partial charge in [-0.3, -0.25) is 10.1 Å². The van der Waals surface area contributed by atoms with E-state index in [4.69, 9.17) is 9.84 Å². The van der Waals surface area contributed by atoms with Gasteiger partial charge in [0.25, 0.3) is 0 Å². The zero-order chi connectivity index (χ0) is 15.4. The Kier molecular flexibility index (Phi) is 4.44. The van der Waals surface area contributed by atoms with Crippen LogP contribution in [0.25, 0.3) is 0 Å². The van der Waals surface area contributed by atoms with Crippen molar-refractivity contribution in [3.8, 4) is 5.75 Å². The van der Waals surface area contributed by atoms with E-state index in [1.165, 1.54) is 43.1 Å². The number of carboxylic acids is 1.